The van der Waals surface area contributed by atoms with Crippen LogP contribution in [-0.4, -0.2) is 47.6 Å². The molecule has 168 valence electrons. The quantitative estimate of drug-likeness (QED) is 0.417. The third-order valence-corrected chi connectivity index (χ3v) is 6.98. The summed E-state index contributed by atoms with van der Waals surface area (Å²) in [5.74, 6) is -0.826. The molecule has 32 heavy (non-hydrogen) atoms. The molecule has 2 N–H and O–H groups in total. The molecule has 0 spiro atoms. The molecular formula is C22H24N4O5S. The molecule has 1 aromatic heterocycles. The van der Waals surface area contributed by atoms with Gasteiger partial charge in [-0.25, -0.2) is 18.4 Å². The van der Waals surface area contributed by atoms with E-state index in [-0.39, 0.29) is 16.1 Å². The van der Waals surface area contributed by atoms with E-state index in [0.717, 1.165) is 4.57 Å². The lowest BCUT2D eigenvalue weighted by Crippen LogP contribution is -2.30. The first-order chi connectivity index (χ1) is 15.2. The second-order valence-corrected chi connectivity index (χ2v) is 8.87. The van der Waals surface area contributed by atoms with Gasteiger partial charge in [0.15, 0.2) is 0 Å². The van der Waals surface area contributed by atoms with E-state index in [0.29, 0.717) is 23.9 Å². The van der Waals surface area contributed by atoms with Gasteiger partial charge in [-0.05, 0) is 24.3 Å². The standard InChI is InChI=1S/C22H24N4O5S/c1-4-25(5-2)32(30,31)17-10-8-9-16(13-17)26-21(28)19-12-7-6-11-18(19)20(22(26)29)14-23-24-15(3)27/h6-14,29H,4-5H2,1-3H3,(H,24,27)/b23-14-. The lowest BCUT2D eigenvalue weighted by molar-refractivity contribution is -0.118. The number of sulfonamides is 1. The van der Waals surface area contributed by atoms with Gasteiger partial charge < -0.3 is 5.11 Å². The number of fused-ring (bicyclic) bond motifs is 1. The Morgan fingerprint density at radius 2 is 1.78 bits per heavy atom. The minimum atomic E-state index is -3.77. The second-order valence-electron chi connectivity index (χ2n) is 6.94. The van der Waals surface area contributed by atoms with Crippen molar-refractivity contribution in [3.63, 3.8) is 0 Å². The van der Waals surface area contributed by atoms with Gasteiger partial charge in [-0.15, -0.1) is 0 Å². The monoisotopic (exact) mass is 456 g/mol. The molecular weight excluding hydrogens is 432 g/mol. The maximum atomic E-state index is 13.2. The van der Waals surface area contributed by atoms with Crippen molar-refractivity contribution in [1.82, 2.24) is 14.3 Å². The van der Waals surface area contributed by atoms with E-state index in [9.17, 15) is 23.1 Å². The van der Waals surface area contributed by atoms with Crippen LogP contribution in [0.3, 0.4) is 0 Å². The average Bonchev–Trinajstić information content (AvgIpc) is 2.77. The maximum Gasteiger partial charge on any atom is 0.265 e. The largest absolute Gasteiger partial charge is 0.494 e. The highest BCUT2D eigenvalue weighted by molar-refractivity contribution is 7.89. The van der Waals surface area contributed by atoms with Gasteiger partial charge in [0.25, 0.3) is 5.56 Å². The molecule has 0 aliphatic rings. The van der Waals surface area contributed by atoms with E-state index in [1.807, 2.05) is 0 Å². The predicted octanol–water partition coefficient (Wildman–Crippen LogP) is 2.20. The number of benzene rings is 2. The van der Waals surface area contributed by atoms with Gasteiger partial charge in [-0.1, -0.05) is 38.1 Å². The summed E-state index contributed by atoms with van der Waals surface area (Å²) in [7, 11) is -3.77. The van der Waals surface area contributed by atoms with Crippen molar-refractivity contribution in [3.05, 3.63) is 64.4 Å². The third-order valence-electron chi connectivity index (χ3n) is 4.94. The molecule has 0 aliphatic heterocycles. The number of hydrogen-bond donors (Lipinski definition) is 2. The number of nitrogens with zero attached hydrogens (tertiary/aromatic N) is 3. The fourth-order valence-corrected chi connectivity index (χ4v) is 4.91. The lowest BCUT2D eigenvalue weighted by Gasteiger charge is -2.19. The van der Waals surface area contributed by atoms with Crippen LogP contribution in [0.15, 0.2) is 63.3 Å². The van der Waals surface area contributed by atoms with Crippen LogP contribution in [0.25, 0.3) is 16.5 Å². The van der Waals surface area contributed by atoms with Gasteiger partial charge in [-0.3, -0.25) is 9.59 Å². The average molecular weight is 457 g/mol. The van der Waals surface area contributed by atoms with Crippen LogP contribution in [0.4, 0.5) is 0 Å². The van der Waals surface area contributed by atoms with Crippen LogP contribution in [-0.2, 0) is 14.8 Å². The van der Waals surface area contributed by atoms with Gasteiger partial charge in [0.1, 0.15) is 0 Å². The van der Waals surface area contributed by atoms with Crippen molar-refractivity contribution in [2.75, 3.05) is 13.1 Å². The van der Waals surface area contributed by atoms with E-state index in [1.54, 1.807) is 38.1 Å². The first-order valence-electron chi connectivity index (χ1n) is 9.99. The number of hydrogen-bond acceptors (Lipinski definition) is 6. The van der Waals surface area contributed by atoms with E-state index in [4.69, 9.17) is 0 Å². The SMILES string of the molecule is CCN(CC)S(=O)(=O)c1cccc(-n2c(O)c(/C=N\NC(C)=O)c3ccccc3c2=O)c1. The topological polar surface area (TPSA) is 121 Å². The van der Waals surface area contributed by atoms with E-state index < -0.39 is 27.4 Å². The first kappa shape index (κ1) is 23.2. The van der Waals surface area contributed by atoms with Crippen molar-refractivity contribution in [3.8, 4) is 11.6 Å². The fraction of sp³-hybridized carbons (Fsp3) is 0.227. The van der Waals surface area contributed by atoms with E-state index in [1.165, 1.54) is 41.7 Å². The van der Waals surface area contributed by atoms with Crippen LogP contribution in [0, 0.1) is 0 Å². The molecule has 0 aliphatic carbocycles. The number of hydrazone groups is 1. The molecule has 0 saturated carbocycles. The second kappa shape index (κ2) is 9.33. The van der Waals surface area contributed by atoms with Crippen LogP contribution < -0.4 is 11.0 Å². The number of carbonyl (C=O) groups excluding carboxylic acids is 1. The fourth-order valence-electron chi connectivity index (χ4n) is 3.41. The number of rotatable bonds is 7. The molecule has 0 atom stereocenters. The number of nitrogens with one attached hydrogen (secondary N) is 1. The Kier molecular flexibility index (Phi) is 6.75. The molecule has 3 rings (SSSR count). The zero-order chi connectivity index (χ0) is 23.5. The van der Waals surface area contributed by atoms with Crippen molar-refractivity contribution in [2.45, 2.75) is 25.7 Å². The highest BCUT2D eigenvalue weighted by Gasteiger charge is 2.23. The minimum absolute atomic E-state index is 0.00613. The number of carbonyl (C=O) groups is 1. The molecule has 0 fully saturated rings. The normalized spacial score (nSPS) is 12.0. The van der Waals surface area contributed by atoms with Crippen LogP contribution in [0.2, 0.25) is 0 Å². The Morgan fingerprint density at radius 1 is 1.12 bits per heavy atom. The minimum Gasteiger partial charge on any atom is -0.494 e. The summed E-state index contributed by atoms with van der Waals surface area (Å²) in [5.41, 5.74) is 2.12. The molecule has 10 heteroatoms. The van der Waals surface area contributed by atoms with Crippen molar-refractivity contribution in [1.29, 1.82) is 0 Å². The lowest BCUT2D eigenvalue weighted by atomic mass is 10.1. The zero-order valence-electron chi connectivity index (χ0n) is 17.9. The number of aromatic nitrogens is 1. The predicted molar refractivity (Wildman–Crippen MR) is 123 cm³/mol. The molecule has 0 saturated heterocycles. The highest BCUT2D eigenvalue weighted by Crippen LogP contribution is 2.27. The summed E-state index contributed by atoms with van der Waals surface area (Å²) in [6, 6.07) is 12.5. The number of amides is 1. The van der Waals surface area contributed by atoms with Gasteiger partial charge in [0.05, 0.1) is 22.4 Å². The zero-order valence-corrected chi connectivity index (χ0v) is 18.8. The Balaban J connectivity index is 2.28. The number of pyridine rings is 1. The summed E-state index contributed by atoms with van der Waals surface area (Å²) in [6.45, 7) is 5.37. The van der Waals surface area contributed by atoms with E-state index >= 15 is 0 Å². The number of aromatic hydroxyl groups is 1. The molecule has 3 aromatic rings. The maximum absolute atomic E-state index is 13.2. The van der Waals surface area contributed by atoms with Crippen molar-refractivity contribution >= 4 is 32.9 Å². The first-order valence-corrected chi connectivity index (χ1v) is 11.4. The summed E-state index contributed by atoms with van der Waals surface area (Å²) in [5, 5.41) is 15.5. The van der Waals surface area contributed by atoms with Crippen molar-refractivity contribution in [2.24, 2.45) is 5.10 Å². The van der Waals surface area contributed by atoms with Crippen LogP contribution >= 0.6 is 0 Å². The van der Waals surface area contributed by atoms with Crippen LogP contribution in [0.1, 0.15) is 26.3 Å². The Morgan fingerprint density at radius 3 is 2.41 bits per heavy atom. The summed E-state index contributed by atoms with van der Waals surface area (Å²) >= 11 is 0. The third kappa shape index (κ3) is 4.27. The van der Waals surface area contributed by atoms with Gasteiger partial charge in [0, 0.05) is 30.8 Å². The highest BCUT2D eigenvalue weighted by atomic mass is 32.2. The summed E-state index contributed by atoms with van der Waals surface area (Å²) in [6.07, 6.45) is 1.24. The van der Waals surface area contributed by atoms with Gasteiger partial charge in [0.2, 0.25) is 21.8 Å². The molecule has 1 amide bonds. The Hall–Kier alpha value is -3.50. The Labute approximate surface area is 185 Å². The summed E-state index contributed by atoms with van der Waals surface area (Å²) in [4.78, 5) is 24.4. The van der Waals surface area contributed by atoms with Crippen molar-refractivity contribution < 1.29 is 18.3 Å². The molecule has 0 bridgehead atoms. The molecule has 0 unspecified atom stereocenters. The Bertz CT molecular complexity index is 1360. The molecule has 0 radical (unpaired) electrons. The van der Waals surface area contributed by atoms with Crippen LogP contribution in [0.5, 0.6) is 5.88 Å². The summed E-state index contributed by atoms with van der Waals surface area (Å²) < 4.78 is 28.2. The molecule has 2 aromatic carbocycles. The molecule has 9 nitrogen and oxygen atoms in total. The van der Waals surface area contributed by atoms with Gasteiger partial charge >= 0.3 is 0 Å². The smallest absolute Gasteiger partial charge is 0.265 e. The molecule has 1 heterocycles. The van der Waals surface area contributed by atoms with E-state index in [2.05, 4.69) is 10.5 Å². The van der Waals surface area contributed by atoms with Gasteiger partial charge in [-0.2, -0.15) is 9.41 Å².